The van der Waals surface area contributed by atoms with Gasteiger partial charge in [0.1, 0.15) is 5.69 Å². The second-order valence-electron chi connectivity index (χ2n) is 3.33. The van der Waals surface area contributed by atoms with Gasteiger partial charge in [-0.05, 0) is 6.07 Å². The van der Waals surface area contributed by atoms with Gasteiger partial charge in [0.15, 0.2) is 0 Å². The van der Waals surface area contributed by atoms with Gasteiger partial charge in [-0.1, -0.05) is 0 Å². The first kappa shape index (κ1) is 13.2. The summed E-state index contributed by atoms with van der Waals surface area (Å²) in [7, 11) is 1.54. The van der Waals surface area contributed by atoms with Gasteiger partial charge in [0.05, 0.1) is 19.6 Å². The Bertz CT molecular complexity index is 389. The maximum atomic E-state index is 11.7. The number of nitrogens with zero attached hydrogens (tertiary/aromatic N) is 2. The summed E-state index contributed by atoms with van der Waals surface area (Å²) in [5.74, 6) is -1.21. The summed E-state index contributed by atoms with van der Waals surface area (Å²) >= 11 is 0. The quantitative estimate of drug-likeness (QED) is 0.641. The molecule has 7 nitrogen and oxygen atoms in total. The highest BCUT2D eigenvalue weighted by Gasteiger charge is 2.11. The molecule has 1 heterocycles. The van der Waals surface area contributed by atoms with Gasteiger partial charge in [-0.25, -0.2) is 0 Å². The molecular formula is C10H15N3O4. The summed E-state index contributed by atoms with van der Waals surface area (Å²) in [4.78, 5) is 22.1. The van der Waals surface area contributed by atoms with Crippen molar-refractivity contribution in [3.05, 3.63) is 18.0 Å². The second-order valence-corrected chi connectivity index (χ2v) is 3.33. The zero-order valence-corrected chi connectivity index (χ0v) is 9.55. The van der Waals surface area contributed by atoms with Gasteiger partial charge in [-0.3, -0.25) is 14.3 Å². The minimum atomic E-state index is -0.925. The summed E-state index contributed by atoms with van der Waals surface area (Å²) in [5, 5.41) is 15.1. The molecule has 0 aliphatic heterocycles. The first-order chi connectivity index (χ1) is 8.15. The number of hydrogen-bond acceptors (Lipinski definition) is 4. The second kappa shape index (κ2) is 6.64. The normalized spacial score (nSPS) is 10.2. The number of rotatable bonds is 7. The van der Waals surface area contributed by atoms with Crippen LogP contribution in [-0.4, -0.2) is 47.0 Å². The van der Waals surface area contributed by atoms with Crippen molar-refractivity contribution in [2.75, 3.05) is 20.3 Å². The Morgan fingerprint density at radius 1 is 1.59 bits per heavy atom. The Kier molecular flexibility index (Phi) is 5.15. The van der Waals surface area contributed by atoms with Gasteiger partial charge >= 0.3 is 5.97 Å². The number of carboxylic acids is 1. The number of carbonyl (C=O) groups is 2. The van der Waals surface area contributed by atoms with E-state index >= 15 is 0 Å². The molecule has 0 aliphatic carbocycles. The van der Waals surface area contributed by atoms with Crippen molar-refractivity contribution < 1.29 is 19.4 Å². The Morgan fingerprint density at radius 2 is 2.35 bits per heavy atom. The predicted molar refractivity (Wildman–Crippen MR) is 58.7 cm³/mol. The topological polar surface area (TPSA) is 93.5 Å². The average Bonchev–Trinajstić information content (AvgIpc) is 2.74. The van der Waals surface area contributed by atoms with E-state index in [0.29, 0.717) is 18.8 Å². The molecule has 0 radical (unpaired) electrons. The van der Waals surface area contributed by atoms with Crippen LogP contribution in [0.3, 0.4) is 0 Å². The fourth-order valence-corrected chi connectivity index (χ4v) is 1.26. The Morgan fingerprint density at radius 3 is 3.00 bits per heavy atom. The molecule has 0 saturated heterocycles. The molecule has 0 aliphatic rings. The lowest BCUT2D eigenvalue weighted by Gasteiger charge is -2.06. The molecular weight excluding hydrogens is 226 g/mol. The summed E-state index contributed by atoms with van der Waals surface area (Å²) in [6, 6.07) is 1.55. The lowest BCUT2D eigenvalue weighted by atomic mass is 10.3. The number of hydrogen-bond donors (Lipinski definition) is 2. The Labute approximate surface area is 98.4 Å². The zero-order valence-electron chi connectivity index (χ0n) is 9.55. The molecule has 0 unspecified atom stereocenters. The minimum absolute atomic E-state index is 0.0694. The Hall–Kier alpha value is -1.89. The van der Waals surface area contributed by atoms with Crippen LogP contribution in [0.5, 0.6) is 0 Å². The molecule has 0 atom stereocenters. The molecule has 0 fully saturated rings. The molecule has 0 bridgehead atoms. The average molecular weight is 241 g/mol. The lowest BCUT2D eigenvalue weighted by molar-refractivity contribution is -0.137. The van der Waals surface area contributed by atoms with Gasteiger partial charge in [0.2, 0.25) is 0 Å². The van der Waals surface area contributed by atoms with Crippen LogP contribution in [0.15, 0.2) is 12.3 Å². The Balaban J connectivity index is 2.54. The fraction of sp³-hybridized carbons (Fsp3) is 0.500. The number of carboxylic acid groups (broad SMARTS) is 1. The molecule has 17 heavy (non-hydrogen) atoms. The monoisotopic (exact) mass is 241 g/mol. The molecule has 1 rings (SSSR count). The maximum Gasteiger partial charge on any atom is 0.305 e. The number of aryl methyl sites for hydroxylation is 1. The van der Waals surface area contributed by atoms with Gasteiger partial charge in [0, 0.05) is 19.9 Å². The van der Waals surface area contributed by atoms with Crippen molar-refractivity contribution in [1.82, 2.24) is 15.1 Å². The van der Waals surface area contributed by atoms with Crippen LogP contribution in [0.2, 0.25) is 0 Å². The number of methoxy groups -OCH3 is 1. The first-order valence-corrected chi connectivity index (χ1v) is 5.16. The van der Waals surface area contributed by atoms with E-state index in [2.05, 4.69) is 10.4 Å². The predicted octanol–water partition coefficient (Wildman–Crippen LogP) is -0.266. The lowest BCUT2D eigenvalue weighted by Crippen LogP contribution is -2.29. The van der Waals surface area contributed by atoms with Crippen molar-refractivity contribution in [1.29, 1.82) is 0 Å². The van der Waals surface area contributed by atoms with Crippen molar-refractivity contribution in [2.45, 2.75) is 13.0 Å². The largest absolute Gasteiger partial charge is 0.481 e. The van der Waals surface area contributed by atoms with Crippen LogP contribution in [-0.2, 0) is 16.1 Å². The molecule has 1 aromatic rings. The van der Waals surface area contributed by atoms with Gasteiger partial charge in [0.25, 0.3) is 5.91 Å². The summed E-state index contributed by atoms with van der Waals surface area (Å²) in [5.41, 5.74) is 0.349. The third-order valence-corrected chi connectivity index (χ3v) is 2.08. The van der Waals surface area contributed by atoms with Crippen molar-refractivity contribution in [3.8, 4) is 0 Å². The molecule has 94 valence electrons. The maximum absolute atomic E-state index is 11.7. The van der Waals surface area contributed by atoms with Crippen molar-refractivity contribution in [2.24, 2.45) is 0 Å². The molecule has 2 N–H and O–H groups in total. The standard InChI is InChI=1S/C10H15N3O4/c1-17-7-5-11-10(16)8-2-4-12-13(8)6-3-9(14)15/h2,4H,3,5-7H2,1H3,(H,11,16)(H,14,15). The fourth-order valence-electron chi connectivity index (χ4n) is 1.26. The number of aromatic nitrogens is 2. The third-order valence-electron chi connectivity index (χ3n) is 2.08. The van der Waals surface area contributed by atoms with Crippen LogP contribution >= 0.6 is 0 Å². The minimum Gasteiger partial charge on any atom is -0.481 e. The summed E-state index contributed by atoms with van der Waals surface area (Å²) in [6.45, 7) is 1.00. The molecule has 0 spiro atoms. The van der Waals surface area contributed by atoms with E-state index in [0.717, 1.165) is 0 Å². The van der Waals surface area contributed by atoms with E-state index in [1.54, 1.807) is 13.2 Å². The van der Waals surface area contributed by atoms with Crippen molar-refractivity contribution in [3.63, 3.8) is 0 Å². The SMILES string of the molecule is COCCNC(=O)c1ccnn1CCC(=O)O. The molecule has 1 aromatic heterocycles. The van der Waals surface area contributed by atoms with E-state index in [4.69, 9.17) is 9.84 Å². The van der Waals surface area contributed by atoms with Crippen LogP contribution < -0.4 is 5.32 Å². The number of ether oxygens (including phenoxy) is 1. The number of amides is 1. The van der Waals surface area contributed by atoms with Crippen LogP contribution in [0.1, 0.15) is 16.9 Å². The van der Waals surface area contributed by atoms with Gasteiger partial charge < -0.3 is 15.2 Å². The molecule has 0 saturated carbocycles. The van der Waals surface area contributed by atoms with Gasteiger partial charge in [-0.2, -0.15) is 5.10 Å². The van der Waals surface area contributed by atoms with Crippen LogP contribution in [0.25, 0.3) is 0 Å². The molecule has 1 amide bonds. The highest BCUT2D eigenvalue weighted by atomic mass is 16.5. The summed E-state index contributed by atoms with van der Waals surface area (Å²) in [6.07, 6.45) is 1.40. The summed E-state index contributed by atoms with van der Waals surface area (Å²) < 4.78 is 6.18. The number of aliphatic carboxylic acids is 1. The van der Waals surface area contributed by atoms with E-state index < -0.39 is 5.97 Å². The zero-order chi connectivity index (χ0) is 12.7. The smallest absolute Gasteiger partial charge is 0.305 e. The number of carbonyl (C=O) groups excluding carboxylic acids is 1. The van der Waals surface area contributed by atoms with Crippen molar-refractivity contribution >= 4 is 11.9 Å². The molecule has 0 aromatic carbocycles. The van der Waals surface area contributed by atoms with E-state index in [9.17, 15) is 9.59 Å². The van der Waals surface area contributed by atoms with Crippen LogP contribution in [0, 0.1) is 0 Å². The van der Waals surface area contributed by atoms with E-state index in [1.807, 2.05) is 0 Å². The molecule has 7 heteroatoms. The third kappa shape index (κ3) is 4.23. The highest BCUT2D eigenvalue weighted by Crippen LogP contribution is 2.00. The van der Waals surface area contributed by atoms with E-state index in [1.165, 1.54) is 10.9 Å². The van der Waals surface area contributed by atoms with Crippen LogP contribution in [0.4, 0.5) is 0 Å². The van der Waals surface area contributed by atoms with Gasteiger partial charge in [-0.15, -0.1) is 0 Å². The first-order valence-electron chi connectivity index (χ1n) is 5.16. The highest BCUT2D eigenvalue weighted by molar-refractivity contribution is 5.92. The van der Waals surface area contributed by atoms with E-state index in [-0.39, 0.29) is 18.9 Å². The number of nitrogens with one attached hydrogen (secondary N) is 1.